The normalized spacial score (nSPS) is 15.1. The number of halogens is 1. The highest BCUT2D eigenvalue weighted by atomic mass is 79.9. The first-order valence-electron chi connectivity index (χ1n) is 8.36. The van der Waals surface area contributed by atoms with E-state index in [0.29, 0.717) is 33.9 Å². The van der Waals surface area contributed by atoms with Gasteiger partial charge in [0, 0.05) is 0 Å². The highest BCUT2D eigenvalue weighted by Crippen LogP contribution is 2.39. The maximum absolute atomic E-state index is 11.9. The number of aryl methyl sites for hydroxylation is 1. The lowest BCUT2D eigenvalue weighted by Gasteiger charge is -2.15. The zero-order valence-corrected chi connectivity index (χ0v) is 18.1. The van der Waals surface area contributed by atoms with Gasteiger partial charge in [-0.15, -0.1) is 0 Å². The summed E-state index contributed by atoms with van der Waals surface area (Å²) in [6.45, 7) is 4.91. The zero-order valence-electron chi connectivity index (χ0n) is 14.9. The van der Waals surface area contributed by atoms with Gasteiger partial charge in [0.25, 0.3) is 5.91 Å². The van der Waals surface area contributed by atoms with Crippen molar-refractivity contribution in [3.8, 4) is 11.5 Å². The summed E-state index contributed by atoms with van der Waals surface area (Å²) in [5, 5.41) is 2.61. The molecule has 7 heteroatoms. The fraction of sp³-hybridized carbons (Fsp3) is 0.200. The molecule has 2 aromatic carbocycles. The van der Waals surface area contributed by atoms with E-state index in [1.54, 1.807) is 6.08 Å². The van der Waals surface area contributed by atoms with Gasteiger partial charge in [-0.2, -0.15) is 0 Å². The van der Waals surface area contributed by atoms with Crippen LogP contribution in [0.1, 0.15) is 23.6 Å². The van der Waals surface area contributed by atoms with Crippen LogP contribution in [0.25, 0.3) is 6.08 Å². The number of ether oxygens (including phenoxy) is 2. The average molecular weight is 464 g/mol. The number of hydrogen-bond acceptors (Lipinski definition) is 5. The van der Waals surface area contributed by atoms with Crippen molar-refractivity contribution in [2.24, 2.45) is 0 Å². The van der Waals surface area contributed by atoms with Crippen molar-refractivity contribution in [3.63, 3.8) is 0 Å². The first-order chi connectivity index (χ1) is 13.0. The van der Waals surface area contributed by atoms with Crippen LogP contribution in [-0.4, -0.2) is 16.8 Å². The maximum atomic E-state index is 11.9. The van der Waals surface area contributed by atoms with Crippen LogP contribution in [0.2, 0.25) is 0 Å². The minimum atomic E-state index is -0.182. The Hall–Kier alpha value is -1.83. The van der Waals surface area contributed by atoms with Gasteiger partial charge in [-0.25, -0.2) is 0 Å². The largest absolute Gasteiger partial charge is 0.490 e. The van der Waals surface area contributed by atoms with Gasteiger partial charge in [-0.05, 0) is 59.1 Å². The minimum Gasteiger partial charge on any atom is -0.490 e. The van der Waals surface area contributed by atoms with Crippen molar-refractivity contribution in [3.05, 3.63) is 62.5 Å². The summed E-state index contributed by atoms with van der Waals surface area (Å²) < 4.78 is 13.0. The summed E-state index contributed by atoms with van der Waals surface area (Å²) in [7, 11) is 0. The summed E-state index contributed by atoms with van der Waals surface area (Å²) in [6.07, 6.45) is 1.79. The topological polar surface area (TPSA) is 47.6 Å². The van der Waals surface area contributed by atoms with E-state index in [1.165, 1.54) is 17.3 Å². The standard InChI is InChI=1S/C20H18BrNO3S2/c1-3-24-16-9-14(10-17-19(23)22-20(26)27-17)8-15(21)18(16)25-11-13-6-4-12(2)5-7-13/h4-10H,3,11H2,1-2H3,(H,22,23,26)/b17-10-. The molecule has 3 rings (SSSR count). The van der Waals surface area contributed by atoms with Crippen LogP contribution in [0.15, 0.2) is 45.8 Å². The maximum Gasteiger partial charge on any atom is 0.263 e. The van der Waals surface area contributed by atoms with Gasteiger partial charge < -0.3 is 14.8 Å². The summed E-state index contributed by atoms with van der Waals surface area (Å²) in [5.41, 5.74) is 3.12. The molecular weight excluding hydrogens is 446 g/mol. The first-order valence-corrected chi connectivity index (χ1v) is 10.4. The Bertz CT molecular complexity index is 910. The molecule has 1 N–H and O–H groups in total. The third kappa shape index (κ3) is 5.12. The van der Waals surface area contributed by atoms with Crippen molar-refractivity contribution in [1.82, 2.24) is 5.32 Å². The SMILES string of the molecule is CCOc1cc(/C=C2\SC(=S)NC2=O)cc(Br)c1OCc1ccc(C)cc1. The predicted molar refractivity (Wildman–Crippen MR) is 117 cm³/mol. The van der Waals surface area contributed by atoms with E-state index >= 15 is 0 Å². The molecule has 27 heavy (non-hydrogen) atoms. The second-order valence-corrected chi connectivity index (χ2v) is 8.46. The predicted octanol–water partition coefficient (Wildman–Crippen LogP) is 5.22. The van der Waals surface area contributed by atoms with Crippen molar-refractivity contribution < 1.29 is 14.3 Å². The summed E-state index contributed by atoms with van der Waals surface area (Å²) in [4.78, 5) is 12.4. The molecule has 0 unspecified atom stereocenters. The van der Waals surface area contributed by atoms with Gasteiger partial charge >= 0.3 is 0 Å². The number of thiocarbonyl (C=S) groups is 1. The second kappa shape index (κ2) is 8.91. The lowest BCUT2D eigenvalue weighted by molar-refractivity contribution is -0.115. The Kier molecular flexibility index (Phi) is 6.57. The molecule has 4 nitrogen and oxygen atoms in total. The van der Waals surface area contributed by atoms with Crippen LogP contribution >= 0.6 is 39.9 Å². The van der Waals surface area contributed by atoms with Crippen molar-refractivity contribution in [2.45, 2.75) is 20.5 Å². The third-order valence-electron chi connectivity index (χ3n) is 3.78. The third-order valence-corrected chi connectivity index (χ3v) is 5.53. The molecule has 2 aromatic rings. The summed E-state index contributed by atoms with van der Waals surface area (Å²) >= 11 is 9.84. The molecule has 1 fully saturated rings. The van der Waals surface area contributed by atoms with Crippen LogP contribution in [0, 0.1) is 6.92 Å². The number of hydrogen-bond donors (Lipinski definition) is 1. The van der Waals surface area contributed by atoms with E-state index in [4.69, 9.17) is 21.7 Å². The molecule has 0 aromatic heterocycles. The monoisotopic (exact) mass is 463 g/mol. The van der Waals surface area contributed by atoms with Crippen LogP contribution in [-0.2, 0) is 11.4 Å². The van der Waals surface area contributed by atoms with Crippen molar-refractivity contribution >= 4 is 56.2 Å². The Morgan fingerprint density at radius 2 is 1.96 bits per heavy atom. The lowest BCUT2D eigenvalue weighted by atomic mass is 10.1. The molecule has 0 radical (unpaired) electrons. The molecule has 1 amide bonds. The molecule has 1 aliphatic heterocycles. The Balaban J connectivity index is 1.85. The van der Waals surface area contributed by atoms with Gasteiger partial charge in [-0.1, -0.05) is 53.8 Å². The lowest BCUT2D eigenvalue weighted by Crippen LogP contribution is -2.17. The number of amides is 1. The number of thioether (sulfide) groups is 1. The molecule has 140 valence electrons. The number of benzene rings is 2. The fourth-order valence-corrected chi connectivity index (χ4v) is 4.10. The molecule has 1 heterocycles. The van der Waals surface area contributed by atoms with E-state index in [1.807, 2.05) is 31.2 Å². The zero-order chi connectivity index (χ0) is 19.4. The summed E-state index contributed by atoms with van der Waals surface area (Å²) in [6, 6.07) is 12.0. The van der Waals surface area contributed by atoms with Gasteiger partial charge in [0.15, 0.2) is 11.5 Å². The quantitative estimate of drug-likeness (QED) is 0.469. The Morgan fingerprint density at radius 1 is 1.22 bits per heavy atom. The molecule has 0 bridgehead atoms. The molecule has 0 aliphatic carbocycles. The van der Waals surface area contributed by atoms with E-state index in [-0.39, 0.29) is 5.91 Å². The number of nitrogens with one attached hydrogen (secondary N) is 1. The van der Waals surface area contributed by atoms with Gasteiger partial charge in [0.2, 0.25) is 0 Å². The average Bonchev–Trinajstić information content (AvgIpc) is 2.93. The highest BCUT2D eigenvalue weighted by Gasteiger charge is 2.22. The molecule has 0 spiro atoms. The Morgan fingerprint density at radius 3 is 2.59 bits per heavy atom. The first kappa shape index (κ1) is 19.9. The summed E-state index contributed by atoms with van der Waals surface area (Å²) in [5.74, 6) is 1.08. The van der Waals surface area contributed by atoms with E-state index in [9.17, 15) is 4.79 Å². The minimum absolute atomic E-state index is 0.182. The van der Waals surface area contributed by atoms with Gasteiger partial charge in [-0.3, -0.25) is 4.79 Å². The Labute approximate surface area is 176 Å². The molecular formula is C20H18BrNO3S2. The molecule has 0 atom stereocenters. The highest BCUT2D eigenvalue weighted by molar-refractivity contribution is 9.10. The molecule has 1 aliphatic rings. The van der Waals surface area contributed by atoms with Crippen LogP contribution in [0.4, 0.5) is 0 Å². The number of carbonyl (C=O) groups is 1. The van der Waals surface area contributed by atoms with Crippen LogP contribution in [0.5, 0.6) is 11.5 Å². The number of carbonyl (C=O) groups excluding carboxylic acids is 1. The van der Waals surface area contributed by atoms with E-state index in [0.717, 1.165) is 15.6 Å². The second-order valence-electron chi connectivity index (χ2n) is 5.89. The molecule has 1 saturated heterocycles. The number of rotatable bonds is 6. The fourth-order valence-electron chi connectivity index (χ4n) is 2.49. The van der Waals surface area contributed by atoms with Crippen molar-refractivity contribution in [2.75, 3.05) is 6.61 Å². The molecule has 0 saturated carbocycles. The van der Waals surface area contributed by atoms with Crippen molar-refractivity contribution in [1.29, 1.82) is 0 Å². The van der Waals surface area contributed by atoms with Crippen LogP contribution in [0.3, 0.4) is 0 Å². The van der Waals surface area contributed by atoms with E-state index < -0.39 is 0 Å². The van der Waals surface area contributed by atoms with Gasteiger partial charge in [0.1, 0.15) is 10.9 Å². The van der Waals surface area contributed by atoms with E-state index in [2.05, 4.69) is 40.3 Å². The van der Waals surface area contributed by atoms with Gasteiger partial charge in [0.05, 0.1) is 16.0 Å². The smallest absolute Gasteiger partial charge is 0.263 e. The van der Waals surface area contributed by atoms with Crippen LogP contribution < -0.4 is 14.8 Å².